The molecular weight excluding hydrogens is 368 g/mol. The highest BCUT2D eigenvalue weighted by Crippen LogP contribution is 2.32. The number of aryl methyl sites for hydroxylation is 1. The first kappa shape index (κ1) is 18.7. The lowest BCUT2D eigenvalue weighted by Crippen LogP contribution is -2.26. The number of fused-ring (bicyclic) bond motifs is 1. The second kappa shape index (κ2) is 7.43. The molecule has 0 radical (unpaired) electrons. The van der Waals surface area contributed by atoms with Gasteiger partial charge < -0.3 is 19.3 Å². The maximum atomic E-state index is 12.0. The molecule has 0 atom stereocenters. The molecule has 0 spiro atoms. The first-order valence-electron chi connectivity index (χ1n) is 9.48. The summed E-state index contributed by atoms with van der Waals surface area (Å²) in [4.78, 5) is 18.3. The van der Waals surface area contributed by atoms with Crippen LogP contribution in [0.5, 0.6) is 0 Å². The van der Waals surface area contributed by atoms with Gasteiger partial charge in [-0.05, 0) is 42.8 Å². The van der Waals surface area contributed by atoms with Crippen LogP contribution in [0.15, 0.2) is 54.3 Å². The summed E-state index contributed by atoms with van der Waals surface area (Å²) in [5, 5.41) is 19.2. The lowest BCUT2D eigenvalue weighted by molar-refractivity contribution is 0.0505. The number of imidazole rings is 1. The summed E-state index contributed by atoms with van der Waals surface area (Å²) in [7, 11) is 1.87. The molecule has 2 N–H and O–H groups in total. The summed E-state index contributed by atoms with van der Waals surface area (Å²) >= 11 is 0. The number of benzene rings is 2. The zero-order valence-corrected chi connectivity index (χ0v) is 16.3. The third kappa shape index (κ3) is 3.24. The third-order valence-corrected chi connectivity index (χ3v) is 4.97. The number of aliphatic hydroxyl groups excluding tert-OH is 1. The first-order valence-corrected chi connectivity index (χ1v) is 9.48. The average molecular weight is 390 g/mol. The molecule has 0 amide bonds. The van der Waals surface area contributed by atoms with Crippen molar-refractivity contribution in [3.05, 3.63) is 65.7 Å². The first-order chi connectivity index (χ1) is 14.0. The molecule has 0 unspecified atom stereocenters. The van der Waals surface area contributed by atoms with Crippen molar-refractivity contribution in [2.45, 2.75) is 13.3 Å². The molecule has 0 saturated carbocycles. The smallest absolute Gasteiger partial charge is 0.338 e. The Balaban J connectivity index is 1.60. The maximum absolute atomic E-state index is 12.0. The molecular formula is C22H22N4O3. The molecule has 2 aromatic carbocycles. The molecule has 1 aliphatic rings. The van der Waals surface area contributed by atoms with Crippen molar-refractivity contribution >= 4 is 34.1 Å². The highest BCUT2D eigenvalue weighted by Gasteiger charge is 2.32. The van der Waals surface area contributed by atoms with Gasteiger partial charge in [0.15, 0.2) is 0 Å². The zero-order valence-electron chi connectivity index (χ0n) is 16.3. The van der Waals surface area contributed by atoms with Crippen LogP contribution in [-0.2, 0) is 11.8 Å². The van der Waals surface area contributed by atoms with Crippen molar-refractivity contribution in [3.8, 4) is 0 Å². The molecule has 7 nitrogen and oxygen atoms in total. The highest BCUT2D eigenvalue weighted by atomic mass is 16.5. The number of rotatable bonds is 5. The number of nitrogens with zero attached hydrogens (tertiary/aromatic N) is 3. The van der Waals surface area contributed by atoms with E-state index < -0.39 is 0 Å². The van der Waals surface area contributed by atoms with Gasteiger partial charge in [-0.2, -0.15) is 0 Å². The van der Waals surface area contributed by atoms with Crippen LogP contribution in [0.2, 0.25) is 0 Å². The van der Waals surface area contributed by atoms with E-state index in [-0.39, 0.29) is 24.1 Å². The maximum Gasteiger partial charge on any atom is 0.338 e. The van der Waals surface area contributed by atoms with E-state index in [0.29, 0.717) is 29.3 Å². The van der Waals surface area contributed by atoms with E-state index in [2.05, 4.69) is 4.98 Å². The predicted molar refractivity (Wildman–Crippen MR) is 112 cm³/mol. The number of nitrogens with one attached hydrogen (secondary N) is 1. The molecule has 2 heterocycles. The Kier molecular flexibility index (Phi) is 4.80. The number of para-hydroxylation sites is 2. The molecule has 1 aromatic heterocycles. The van der Waals surface area contributed by atoms with Gasteiger partial charge in [-0.1, -0.05) is 19.1 Å². The van der Waals surface area contributed by atoms with E-state index in [1.807, 2.05) is 42.8 Å². The van der Waals surface area contributed by atoms with Crippen molar-refractivity contribution in [3.63, 3.8) is 0 Å². The Hall–Kier alpha value is -3.61. The summed E-state index contributed by atoms with van der Waals surface area (Å²) in [6.45, 7) is 2.50. The number of carbonyl (C=O) groups is 1. The fraction of sp³-hybridized carbons (Fsp3) is 0.227. The normalized spacial score (nSPS) is 14.1. The standard InChI is InChI=1S/C22H22N4O3/c1-3-12-29-22(28)14-8-10-15(11-9-14)26-13-18(27)19(20(26)23)21-24-16-6-4-5-7-17(16)25(21)2/h4-11,23,27H,3,12-13H2,1-2H3. The molecule has 0 saturated heterocycles. The number of hydrogen-bond donors (Lipinski definition) is 2. The van der Waals surface area contributed by atoms with E-state index >= 15 is 0 Å². The van der Waals surface area contributed by atoms with Crippen molar-refractivity contribution in [2.75, 3.05) is 18.1 Å². The Morgan fingerprint density at radius 2 is 1.93 bits per heavy atom. The van der Waals surface area contributed by atoms with Crippen molar-refractivity contribution in [1.29, 1.82) is 5.41 Å². The van der Waals surface area contributed by atoms with Crippen LogP contribution in [0.4, 0.5) is 5.69 Å². The van der Waals surface area contributed by atoms with Crippen molar-refractivity contribution in [2.24, 2.45) is 7.05 Å². The molecule has 1 aliphatic heterocycles. The van der Waals surface area contributed by atoms with Crippen LogP contribution in [0.1, 0.15) is 29.5 Å². The minimum Gasteiger partial charge on any atom is -0.509 e. The Morgan fingerprint density at radius 1 is 1.21 bits per heavy atom. The number of carbonyl (C=O) groups excluding carboxylic acids is 1. The monoisotopic (exact) mass is 390 g/mol. The van der Waals surface area contributed by atoms with Crippen LogP contribution in [0, 0.1) is 5.41 Å². The van der Waals surface area contributed by atoms with Crippen LogP contribution in [0.25, 0.3) is 16.6 Å². The summed E-state index contributed by atoms with van der Waals surface area (Å²) < 4.78 is 7.02. The minimum absolute atomic E-state index is 0.0971. The van der Waals surface area contributed by atoms with Gasteiger partial charge in [0.05, 0.1) is 35.3 Å². The van der Waals surface area contributed by atoms with Gasteiger partial charge in [-0.25, -0.2) is 9.78 Å². The topological polar surface area (TPSA) is 91.4 Å². The molecule has 0 bridgehead atoms. The molecule has 3 aromatic rings. The highest BCUT2D eigenvalue weighted by molar-refractivity contribution is 6.30. The molecule has 0 aliphatic carbocycles. The average Bonchev–Trinajstić information content (AvgIpc) is 3.22. The lowest BCUT2D eigenvalue weighted by Gasteiger charge is -2.19. The van der Waals surface area contributed by atoms with E-state index in [1.165, 1.54) is 0 Å². The third-order valence-electron chi connectivity index (χ3n) is 4.97. The fourth-order valence-electron chi connectivity index (χ4n) is 3.46. The Labute approximate surface area is 168 Å². The van der Waals surface area contributed by atoms with Crippen LogP contribution in [-0.4, -0.2) is 39.6 Å². The second-order valence-electron chi connectivity index (χ2n) is 6.92. The molecule has 7 heteroatoms. The van der Waals surface area contributed by atoms with Gasteiger partial charge in [-0.3, -0.25) is 5.41 Å². The largest absolute Gasteiger partial charge is 0.509 e. The second-order valence-corrected chi connectivity index (χ2v) is 6.92. The Morgan fingerprint density at radius 3 is 2.62 bits per heavy atom. The number of esters is 1. The molecule has 29 heavy (non-hydrogen) atoms. The minimum atomic E-state index is -0.365. The molecule has 0 fully saturated rings. The number of aromatic nitrogens is 2. The summed E-state index contributed by atoms with van der Waals surface area (Å²) in [5.41, 5.74) is 3.33. The van der Waals surface area contributed by atoms with Crippen LogP contribution < -0.4 is 4.90 Å². The van der Waals surface area contributed by atoms with E-state index in [9.17, 15) is 9.90 Å². The predicted octanol–water partition coefficient (Wildman–Crippen LogP) is 3.91. The van der Waals surface area contributed by atoms with E-state index in [0.717, 1.165) is 17.5 Å². The SMILES string of the molecule is CCCOC(=O)c1ccc(N2CC(O)=C(c3nc4ccccc4n3C)C2=N)cc1. The number of hydrogen-bond acceptors (Lipinski definition) is 5. The zero-order chi connectivity index (χ0) is 20.5. The lowest BCUT2D eigenvalue weighted by atomic mass is 10.2. The van der Waals surface area contributed by atoms with Gasteiger partial charge in [0, 0.05) is 12.7 Å². The van der Waals surface area contributed by atoms with Gasteiger partial charge in [0.25, 0.3) is 0 Å². The van der Waals surface area contributed by atoms with Crippen molar-refractivity contribution in [1.82, 2.24) is 9.55 Å². The van der Waals surface area contributed by atoms with Gasteiger partial charge in [0.2, 0.25) is 0 Å². The number of anilines is 1. The number of ether oxygens (including phenoxy) is 1. The van der Waals surface area contributed by atoms with Crippen molar-refractivity contribution < 1.29 is 14.6 Å². The molecule has 148 valence electrons. The Bertz CT molecular complexity index is 1130. The fourth-order valence-corrected chi connectivity index (χ4v) is 3.46. The van der Waals surface area contributed by atoms with Gasteiger partial charge in [-0.15, -0.1) is 0 Å². The summed E-state index contributed by atoms with van der Waals surface area (Å²) in [6.07, 6.45) is 0.769. The number of amidine groups is 1. The van der Waals surface area contributed by atoms with E-state index in [1.54, 1.807) is 29.2 Å². The number of aliphatic hydroxyl groups is 1. The van der Waals surface area contributed by atoms with E-state index in [4.69, 9.17) is 10.1 Å². The van der Waals surface area contributed by atoms with Crippen LogP contribution in [0.3, 0.4) is 0 Å². The van der Waals surface area contributed by atoms with Gasteiger partial charge >= 0.3 is 5.97 Å². The summed E-state index contributed by atoms with van der Waals surface area (Å²) in [5.74, 6) is 0.453. The molecule has 4 rings (SSSR count). The van der Waals surface area contributed by atoms with Crippen LogP contribution >= 0.6 is 0 Å². The van der Waals surface area contributed by atoms with Gasteiger partial charge in [0.1, 0.15) is 17.4 Å². The summed E-state index contributed by atoms with van der Waals surface area (Å²) in [6, 6.07) is 14.5. The quantitative estimate of drug-likeness (QED) is 0.645.